The molecule has 2 heterocycles. The molecule has 1 aliphatic rings. The number of anilines is 1. The van der Waals surface area contributed by atoms with Gasteiger partial charge in [-0.15, -0.1) is 5.10 Å². The van der Waals surface area contributed by atoms with Crippen LogP contribution < -0.4 is 5.32 Å². The fraction of sp³-hybridized carbons (Fsp3) is 0.182. The van der Waals surface area contributed by atoms with Crippen molar-refractivity contribution in [3.63, 3.8) is 0 Å². The second kappa shape index (κ2) is 4.32. The Morgan fingerprint density at radius 1 is 1.47 bits per heavy atom. The first-order valence-corrected chi connectivity index (χ1v) is 6.25. The smallest absolute Gasteiger partial charge is 0.257 e. The third-order valence-corrected chi connectivity index (χ3v) is 3.58. The Morgan fingerprint density at radius 3 is 2.95 bits per heavy atom. The summed E-state index contributed by atoms with van der Waals surface area (Å²) < 4.78 is 13.9. The third kappa shape index (κ3) is 2.08. The molecule has 0 saturated carbocycles. The van der Waals surface area contributed by atoms with Gasteiger partial charge in [-0.3, -0.25) is 9.89 Å². The van der Waals surface area contributed by atoms with E-state index in [1.807, 2.05) is 0 Å². The van der Waals surface area contributed by atoms with E-state index in [4.69, 9.17) is 0 Å². The summed E-state index contributed by atoms with van der Waals surface area (Å²) in [7, 11) is 0. The van der Waals surface area contributed by atoms with Crippen molar-refractivity contribution in [3.8, 4) is 0 Å². The molecule has 1 aromatic heterocycles. The summed E-state index contributed by atoms with van der Waals surface area (Å²) in [5.74, 6) is -0.445. The number of carbonyl (C=O) groups is 1. The molecule has 1 unspecified atom stereocenters. The summed E-state index contributed by atoms with van der Waals surface area (Å²) in [4.78, 5) is 15.6. The van der Waals surface area contributed by atoms with Gasteiger partial charge in [0.1, 0.15) is 11.6 Å². The van der Waals surface area contributed by atoms with E-state index in [1.54, 1.807) is 6.92 Å². The standard InChI is InChI=1S/C11H9FN4O2S/c1-4-13-11(16-15-4)19-8-3-7-5(2-6(8)12)9(17)10(18)14-7/h2-3,9,17H,1H3,(H,14,18)(H,13,15,16). The number of carbonyl (C=O) groups excluding carboxylic acids is 1. The second-order valence-corrected chi connectivity index (χ2v) is 5.08. The Labute approximate surface area is 111 Å². The number of hydrogen-bond donors (Lipinski definition) is 3. The summed E-state index contributed by atoms with van der Waals surface area (Å²) >= 11 is 1.04. The van der Waals surface area contributed by atoms with Crippen molar-refractivity contribution in [3.05, 3.63) is 29.3 Å². The monoisotopic (exact) mass is 280 g/mol. The van der Waals surface area contributed by atoms with Gasteiger partial charge in [0.25, 0.3) is 5.91 Å². The Hall–Kier alpha value is -1.93. The Bertz CT molecular complexity index is 673. The molecule has 0 bridgehead atoms. The number of H-pyrrole nitrogens is 1. The molecule has 0 radical (unpaired) electrons. The van der Waals surface area contributed by atoms with Crippen LogP contribution in [-0.4, -0.2) is 26.2 Å². The van der Waals surface area contributed by atoms with Crippen molar-refractivity contribution in [1.82, 2.24) is 15.2 Å². The molecule has 0 aliphatic carbocycles. The average molecular weight is 280 g/mol. The van der Waals surface area contributed by atoms with Crippen molar-refractivity contribution in [2.24, 2.45) is 0 Å². The molecule has 19 heavy (non-hydrogen) atoms. The number of aliphatic hydroxyl groups is 1. The van der Waals surface area contributed by atoms with Gasteiger partial charge in [0.2, 0.25) is 5.16 Å². The van der Waals surface area contributed by atoms with Crippen LogP contribution in [0, 0.1) is 12.7 Å². The number of aromatic amines is 1. The quantitative estimate of drug-likeness (QED) is 0.773. The summed E-state index contributed by atoms with van der Waals surface area (Å²) in [6.45, 7) is 1.74. The fourth-order valence-corrected chi connectivity index (χ4v) is 2.59. The summed E-state index contributed by atoms with van der Waals surface area (Å²) in [5.41, 5.74) is 0.659. The minimum absolute atomic E-state index is 0.248. The van der Waals surface area contributed by atoms with E-state index in [-0.39, 0.29) is 10.5 Å². The topological polar surface area (TPSA) is 90.9 Å². The van der Waals surface area contributed by atoms with Gasteiger partial charge in [-0.25, -0.2) is 9.37 Å². The number of aromatic nitrogens is 3. The van der Waals surface area contributed by atoms with E-state index in [1.165, 1.54) is 6.07 Å². The van der Waals surface area contributed by atoms with Crippen LogP contribution in [0.15, 0.2) is 22.2 Å². The molecular formula is C11H9FN4O2S. The number of amides is 1. The molecule has 0 fully saturated rings. The predicted octanol–water partition coefficient (Wildman–Crippen LogP) is 1.39. The number of halogens is 1. The molecule has 2 aromatic rings. The number of benzene rings is 1. The first kappa shape index (κ1) is 12.1. The van der Waals surface area contributed by atoms with Gasteiger partial charge in [-0.1, -0.05) is 0 Å². The lowest BCUT2D eigenvalue weighted by atomic mass is 10.1. The van der Waals surface area contributed by atoms with Crippen LogP contribution in [0.25, 0.3) is 0 Å². The molecule has 8 heteroatoms. The maximum atomic E-state index is 13.9. The Kier molecular flexibility index (Phi) is 2.76. The average Bonchev–Trinajstić information content (AvgIpc) is 2.87. The highest BCUT2D eigenvalue weighted by atomic mass is 32.2. The lowest BCUT2D eigenvalue weighted by Crippen LogP contribution is -2.10. The second-order valence-electron chi connectivity index (χ2n) is 4.07. The number of rotatable bonds is 2. The molecule has 0 saturated heterocycles. The Morgan fingerprint density at radius 2 is 2.26 bits per heavy atom. The highest BCUT2D eigenvalue weighted by Crippen LogP contribution is 2.37. The molecule has 1 aliphatic heterocycles. The highest BCUT2D eigenvalue weighted by molar-refractivity contribution is 7.99. The number of hydrogen-bond acceptors (Lipinski definition) is 5. The van der Waals surface area contributed by atoms with Crippen molar-refractivity contribution in [2.75, 3.05) is 5.32 Å². The Balaban J connectivity index is 1.96. The molecular weight excluding hydrogens is 271 g/mol. The van der Waals surface area contributed by atoms with Gasteiger partial charge in [-0.2, -0.15) is 0 Å². The van der Waals surface area contributed by atoms with E-state index >= 15 is 0 Å². The lowest BCUT2D eigenvalue weighted by molar-refractivity contribution is -0.123. The molecule has 1 amide bonds. The molecule has 1 aromatic carbocycles. The van der Waals surface area contributed by atoms with Crippen LogP contribution in [0.2, 0.25) is 0 Å². The van der Waals surface area contributed by atoms with Gasteiger partial charge < -0.3 is 10.4 Å². The number of aliphatic hydroxyl groups excluding tert-OH is 1. The fourth-order valence-electron chi connectivity index (χ4n) is 1.79. The molecule has 3 rings (SSSR count). The van der Waals surface area contributed by atoms with Crippen LogP contribution in [0.3, 0.4) is 0 Å². The summed E-state index contributed by atoms with van der Waals surface area (Å²) in [6, 6.07) is 2.62. The molecule has 1 atom stereocenters. The summed E-state index contributed by atoms with van der Waals surface area (Å²) in [5, 5.41) is 19.0. The number of fused-ring (bicyclic) bond motifs is 1. The number of nitrogens with zero attached hydrogens (tertiary/aromatic N) is 2. The maximum absolute atomic E-state index is 13.9. The summed E-state index contributed by atoms with van der Waals surface area (Å²) in [6.07, 6.45) is -1.31. The van der Waals surface area contributed by atoms with E-state index in [9.17, 15) is 14.3 Å². The minimum Gasteiger partial charge on any atom is -0.378 e. The van der Waals surface area contributed by atoms with Crippen LogP contribution >= 0.6 is 11.8 Å². The third-order valence-electron chi connectivity index (χ3n) is 2.68. The zero-order valence-electron chi connectivity index (χ0n) is 9.77. The van der Waals surface area contributed by atoms with Gasteiger partial charge >= 0.3 is 0 Å². The molecule has 3 N–H and O–H groups in total. The molecule has 0 spiro atoms. The maximum Gasteiger partial charge on any atom is 0.257 e. The minimum atomic E-state index is -1.31. The highest BCUT2D eigenvalue weighted by Gasteiger charge is 2.30. The molecule has 98 valence electrons. The van der Waals surface area contributed by atoms with Crippen molar-refractivity contribution >= 4 is 23.4 Å². The first-order valence-electron chi connectivity index (χ1n) is 5.44. The van der Waals surface area contributed by atoms with Crippen LogP contribution in [0.4, 0.5) is 10.1 Å². The SMILES string of the molecule is Cc1nc(Sc2cc3c(cc2F)C(O)C(=O)N3)n[nH]1. The van der Waals surface area contributed by atoms with E-state index in [2.05, 4.69) is 20.5 Å². The zero-order chi connectivity index (χ0) is 13.6. The zero-order valence-corrected chi connectivity index (χ0v) is 10.6. The normalized spacial score (nSPS) is 17.4. The van der Waals surface area contributed by atoms with Crippen molar-refractivity contribution < 1.29 is 14.3 Å². The number of nitrogens with one attached hydrogen (secondary N) is 2. The van der Waals surface area contributed by atoms with Gasteiger partial charge in [0, 0.05) is 11.3 Å². The van der Waals surface area contributed by atoms with Crippen molar-refractivity contribution in [2.45, 2.75) is 23.1 Å². The van der Waals surface area contributed by atoms with Crippen molar-refractivity contribution in [1.29, 1.82) is 0 Å². The predicted molar refractivity (Wildman–Crippen MR) is 65.2 cm³/mol. The van der Waals surface area contributed by atoms with E-state index < -0.39 is 17.8 Å². The van der Waals surface area contributed by atoms with Gasteiger partial charge in [0.05, 0.1) is 4.90 Å². The largest absolute Gasteiger partial charge is 0.378 e. The van der Waals surface area contributed by atoms with Crippen LogP contribution in [-0.2, 0) is 4.79 Å². The molecule has 6 nitrogen and oxygen atoms in total. The number of aryl methyl sites for hydroxylation is 1. The van der Waals surface area contributed by atoms with E-state index in [0.717, 1.165) is 17.8 Å². The van der Waals surface area contributed by atoms with E-state index in [0.29, 0.717) is 16.7 Å². The first-order chi connectivity index (χ1) is 9.04. The van der Waals surface area contributed by atoms with Gasteiger partial charge in [0.15, 0.2) is 6.10 Å². The van der Waals surface area contributed by atoms with Crippen LogP contribution in [0.1, 0.15) is 17.5 Å². The van der Waals surface area contributed by atoms with Crippen LogP contribution in [0.5, 0.6) is 0 Å². The van der Waals surface area contributed by atoms with Gasteiger partial charge in [-0.05, 0) is 30.8 Å². The lowest BCUT2D eigenvalue weighted by Gasteiger charge is -2.04.